The van der Waals surface area contributed by atoms with Gasteiger partial charge in [0.05, 0.1) is 16.6 Å². The molecule has 0 saturated carbocycles. The maximum atomic E-state index is 13.3. The number of hydrogen-bond acceptors (Lipinski definition) is 2. The number of rotatable bonds is 4. The van der Waals surface area contributed by atoms with Crippen LogP contribution < -0.4 is 10.1 Å². The summed E-state index contributed by atoms with van der Waals surface area (Å²) in [5.41, 5.74) is 1.59. The van der Waals surface area contributed by atoms with Gasteiger partial charge >= 0.3 is 0 Å². The number of nitrogens with one attached hydrogen (secondary N) is 1. The van der Waals surface area contributed by atoms with Crippen molar-refractivity contribution in [1.82, 2.24) is 0 Å². The summed E-state index contributed by atoms with van der Waals surface area (Å²) in [6.07, 6.45) is 0. The summed E-state index contributed by atoms with van der Waals surface area (Å²) in [6, 6.07) is 10.4. The molecular formula is C14H12BrClFNO. The van der Waals surface area contributed by atoms with Crippen molar-refractivity contribution >= 4 is 33.2 Å². The van der Waals surface area contributed by atoms with Crippen LogP contribution in [0, 0.1) is 5.82 Å². The summed E-state index contributed by atoms with van der Waals surface area (Å²) in [5, 5.41) is 3.33. The molecule has 0 aliphatic carbocycles. The highest BCUT2D eigenvalue weighted by Gasteiger charge is 2.06. The minimum absolute atomic E-state index is 0.152. The van der Waals surface area contributed by atoms with Gasteiger partial charge in [-0.3, -0.25) is 0 Å². The molecule has 0 fully saturated rings. The van der Waals surface area contributed by atoms with Crippen molar-refractivity contribution in [2.24, 2.45) is 0 Å². The molecule has 5 heteroatoms. The van der Waals surface area contributed by atoms with Crippen molar-refractivity contribution in [3.63, 3.8) is 0 Å². The van der Waals surface area contributed by atoms with Crippen molar-refractivity contribution < 1.29 is 9.13 Å². The Hall–Kier alpha value is -1.26. The summed E-state index contributed by atoms with van der Waals surface area (Å²) in [4.78, 5) is 0. The second-order valence-electron chi connectivity index (χ2n) is 3.92. The molecule has 0 saturated heterocycles. The Kier molecular flexibility index (Phi) is 4.66. The number of anilines is 1. The minimum atomic E-state index is -0.408. The summed E-state index contributed by atoms with van der Waals surface area (Å²) in [7, 11) is 1.60. The molecule has 2 nitrogen and oxygen atoms in total. The third-order valence-electron chi connectivity index (χ3n) is 2.67. The van der Waals surface area contributed by atoms with Gasteiger partial charge in [-0.1, -0.05) is 23.7 Å². The van der Waals surface area contributed by atoms with Gasteiger partial charge in [-0.25, -0.2) is 4.39 Å². The largest absolute Gasteiger partial charge is 0.495 e. The smallest absolute Gasteiger partial charge is 0.142 e. The van der Waals surface area contributed by atoms with E-state index in [1.54, 1.807) is 19.2 Å². The molecule has 100 valence electrons. The molecule has 0 aliphatic heterocycles. The van der Waals surface area contributed by atoms with E-state index in [1.807, 2.05) is 18.2 Å². The standard InChI is InChI=1S/C14H12BrClFNO/c1-19-13-7-10(5-6-11(13)15)18-8-9-3-2-4-12(17)14(9)16/h2-7,18H,8H2,1H3. The molecule has 0 radical (unpaired) electrons. The predicted octanol–water partition coefficient (Wildman–Crippen LogP) is 4.86. The molecular weight excluding hydrogens is 333 g/mol. The van der Waals surface area contributed by atoms with Crippen LogP contribution in [0.2, 0.25) is 5.02 Å². The molecule has 1 N–H and O–H groups in total. The van der Waals surface area contributed by atoms with Crippen molar-refractivity contribution in [2.45, 2.75) is 6.54 Å². The van der Waals surface area contributed by atoms with Crippen molar-refractivity contribution in [1.29, 1.82) is 0 Å². The highest BCUT2D eigenvalue weighted by Crippen LogP contribution is 2.28. The normalized spacial score (nSPS) is 10.3. The molecule has 2 aromatic carbocycles. The van der Waals surface area contributed by atoms with Crippen LogP contribution in [0.3, 0.4) is 0 Å². The summed E-state index contributed by atoms with van der Waals surface area (Å²) in [6.45, 7) is 0.446. The molecule has 0 heterocycles. The molecule has 0 aliphatic rings. The average Bonchev–Trinajstić information content (AvgIpc) is 2.42. The second kappa shape index (κ2) is 6.26. The zero-order valence-corrected chi connectivity index (χ0v) is 12.6. The monoisotopic (exact) mass is 343 g/mol. The Balaban J connectivity index is 2.12. The minimum Gasteiger partial charge on any atom is -0.495 e. The van der Waals surface area contributed by atoms with Crippen LogP contribution in [0.4, 0.5) is 10.1 Å². The molecule has 0 aromatic heterocycles. The van der Waals surface area contributed by atoms with Crippen molar-refractivity contribution in [3.05, 3.63) is 57.3 Å². The van der Waals surface area contributed by atoms with Crippen LogP contribution in [-0.4, -0.2) is 7.11 Å². The summed E-state index contributed by atoms with van der Waals surface area (Å²) in [5.74, 6) is 0.324. The Morgan fingerprint density at radius 2 is 2.11 bits per heavy atom. The van der Waals surface area contributed by atoms with Crippen molar-refractivity contribution in [3.8, 4) is 5.75 Å². The van der Waals surface area contributed by atoms with Gasteiger partial charge in [0.25, 0.3) is 0 Å². The number of halogens is 3. The van der Waals surface area contributed by atoms with E-state index in [2.05, 4.69) is 21.2 Å². The third-order valence-corrected chi connectivity index (χ3v) is 3.74. The topological polar surface area (TPSA) is 21.3 Å². The molecule has 2 rings (SSSR count). The molecule has 0 atom stereocenters. The molecule has 0 amide bonds. The number of ether oxygens (including phenoxy) is 1. The second-order valence-corrected chi connectivity index (χ2v) is 5.15. The number of hydrogen-bond donors (Lipinski definition) is 1. The van der Waals surface area contributed by atoms with Crippen LogP contribution >= 0.6 is 27.5 Å². The van der Waals surface area contributed by atoms with Crippen molar-refractivity contribution in [2.75, 3.05) is 12.4 Å². The Labute approximate surface area is 124 Å². The third kappa shape index (κ3) is 3.39. The molecule has 0 unspecified atom stereocenters. The zero-order chi connectivity index (χ0) is 13.8. The first-order valence-corrected chi connectivity index (χ1v) is 6.79. The molecule has 2 aromatic rings. The fourth-order valence-corrected chi connectivity index (χ4v) is 2.25. The molecule has 0 bridgehead atoms. The maximum absolute atomic E-state index is 13.3. The van der Waals surface area contributed by atoms with Crippen LogP contribution in [0.1, 0.15) is 5.56 Å². The summed E-state index contributed by atoms with van der Waals surface area (Å²) >= 11 is 9.28. The first-order chi connectivity index (χ1) is 9.11. The van der Waals surface area contributed by atoms with E-state index < -0.39 is 5.82 Å². The molecule has 19 heavy (non-hydrogen) atoms. The Morgan fingerprint density at radius 1 is 1.32 bits per heavy atom. The van der Waals surface area contributed by atoms with E-state index in [0.29, 0.717) is 12.1 Å². The highest BCUT2D eigenvalue weighted by molar-refractivity contribution is 9.10. The van der Waals surface area contributed by atoms with E-state index >= 15 is 0 Å². The highest BCUT2D eigenvalue weighted by atomic mass is 79.9. The van der Waals surface area contributed by atoms with Crippen LogP contribution in [0.5, 0.6) is 5.75 Å². The van der Waals surface area contributed by atoms with Gasteiger partial charge in [-0.05, 0) is 39.7 Å². The van der Waals surface area contributed by atoms with Gasteiger partial charge in [0.15, 0.2) is 0 Å². The lowest BCUT2D eigenvalue weighted by Crippen LogP contribution is -2.01. The summed E-state index contributed by atoms with van der Waals surface area (Å²) < 4.78 is 19.4. The van der Waals surface area contributed by atoms with Gasteiger partial charge in [0, 0.05) is 18.3 Å². The van der Waals surface area contributed by atoms with Gasteiger partial charge in [-0.15, -0.1) is 0 Å². The molecule has 0 spiro atoms. The quantitative estimate of drug-likeness (QED) is 0.855. The van der Waals surface area contributed by atoms with Crippen LogP contribution in [0.15, 0.2) is 40.9 Å². The lowest BCUT2D eigenvalue weighted by atomic mass is 10.2. The Bertz CT molecular complexity index is 592. The van der Waals surface area contributed by atoms with E-state index in [9.17, 15) is 4.39 Å². The first-order valence-electron chi connectivity index (χ1n) is 5.62. The first kappa shape index (κ1) is 14.2. The van der Waals surface area contributed by atoms with Gasteiger partial charge in [0.1, 0.15) is 11.6 Å². The lowest BCUT2D eigenvalue weighted by molar-refractivity contribution is 0.412. The fraction of sp³-hybridized carbons (Fsp3) is 0.143. The van der Waals surface area contributed by atoms with E-state index in [-0.39, 0.29) is 5.02 Å². The lowest BCUT2D eigenvalue weighted by Gasteiger charge is -2.10. The maximum Gasteiger partial charge on any atom is 0.142 e. The van der Waals surface area contributed by atoms with Crippen LogP contribution in [0.25, 0.3) is 0 Å². The fourth-order valence-electron chi connectivity index (χ4n) is 1.65. The van der Waals surface area contributed by atoms with Crippen LogP contribution in [-0.2, 0) is 6.54 Å². The van der Waals surface area contributed by atoms with E-state index in [0.717, 1.165) is 15.9 Å². The zero-order valence-electron chi connectivity index (χ0n) is 10.2. The van der Waals surface area contributed by atoms with E-state index in [4.69, 9.17) is 16.3 Å². The number of benzene rings is 2. The average molecular weight is 345 g/mol. The Morgan fingerprint density at radius 3 is 2.84 bits per heavy atom. The van der Waals surface area contributed by atoms with E-state index in [1.165, 1.54) is 6.07 Å². The van der Waals surface area contributed by atoms with Gasteiger partial charge in [-0.2, -0.15) is 0 Å². The SMILES string of the molecule is COc1cc(NCc2cccc(F)c2Cl)ccc1Br. The predicted molar refractivity (Wildman–Crippen MR) is 79.4 cm³/mol. The number of methoxy groups -OCH3 is 1. The van der Waals surface area contributed by atoms with Gasteiger partial charge in [0.2, 0.25) is 0 Å². The van der Waals surface area contributed by atoms with Gasteiger partial charge < -0.3 is 10.1 Å².